The topological polar surface area (TPSA) is 41.5 Å². The normalized spacial score (nSPS) is 11.6. The van der Waals surface area contributed by atoms with E-state index >= 15 is 0 Å². The number of hydrogen-bond acceptors (Lipinski definition) is 2. The zero-order chi connectivity index (χ0) is 17.8. The second-order valence-corrected chi connectivity index (χ2v) is 6.79. The zero-order valence-electron chi connectivity index (χ0n) is 14.7. The lowest BCUT2D eigenvalue weighted by Crippen LogP contribution is -2.19. The Morgan fingerprint density at radius 2 is 1.71 bits per heavy atom. The summed E-state index contributed by atoms with van der Waals surface area (Å²) >= 11 is 12.1. The third-order valence-electron chi connectivity index (χ3n) is 3.90. The van der Waals surface area contributed by atoms with Crippen molar-refractivity contribution in [3.8, 4) is 0 Å². The molecule has 0 aliphatic rings. The predicted octanol–water partition coefficient (Wildman–Crippen LogP) is 6.36. The molecule has 3 nitrogen and oxygen atoms in total. The van der Waals surface area contributed by atoms with Crippen molar-refractivity contribution in [1.29, 1.82) is 0 Å². The summed E-state index contributed by atoms with van der Waals surface area (Å²) in [6.45, 7) is 4.19. The van der Waals surface area contributed by atoms with Crippen LogP contribution >= 0.6 is 23.2 Å². The molecular formula is C19H28Cl2N2O. The monoisotopic (exact) mass is 370 g/mol. The zero-order valence-corrected chi connectivity index (χ0v) is 16.2. The van der Waals surface area contributed by atoms with Crippen molar-refractivity contribution >= 4 is 34.8 Å². The molecule has 1 aromatic rings. The van der Waals surface area contributed by atoms with E-state index in [0.717, 1.165) is 24.1 Å². The van der Waals surface area contributed by atoms with Gasteiger partial charge in [-0.1, -0.05) is 81.6 Å². The molecule has 24 heavy (non-hydrogen) atoms. The van der Waals surface area contributed by atoms with E-state index in [1.54, 1.807) is 12.1 Å². The van der Waals surface area contributed by atoms with Crippen LogP contribution in [0.5, 0.6) is 0 Å². The number of nitrogens with one attached hydrogen (secondary N) is 1. The number of rotatable bonds is 11. The molecule has 0 fully saturated rings. The summed E-state index contributed by atoms with van der Waals surface area (Å²) in [5.74, 6) is -0.0420. The van der Waals surface area contributed by atoms with Gasteiger partial charge in [0.05, 0.1) is 10.7 Å². The molecule has 0 aliphatic carbocycles. The van der Waals surface area contributed by atoms with Crippen LogP contribution in [0.4, 0.5) is 0 Å². The molecule has 0 unspecified atom stereocenters. The van der Waals surface area contributed by atoms with Gasteiger partial charge in [0.15, 0.2) is 0 Å². The van der Waals surface area contributed by atoms with Crippen molar-refractivity contribution in [2.45, 2.75) is 71.6 Å². The summed E-state index contributed by atoms with van der Waals surface area (Å²) in [6.07, 6.45) is 9.55. The molecule has 0 heterocycles. The minimum atomic E-state index is -0.0420. The SMILES string of the molecule is CCCCCCCCCC(=O)NN=C(CC)c1ccc(Cl)cc1Cl. The minimum absolute atomic E-state index is 0.0420. The van der Waals surface area contributed by atoms with E-state index in [0.29, 0.717) is 22.9 Å². The van der Waals surface area contributed by atoms with Crippen LogP contribution in [0.1, 0.15) is 77.2 Å². The Morgan fingerprint density at radius 1 is 1.04 bits per heavy atom. The van der Waals surface area contributed by atoms with Gasteiger partial charge in [0.25, 0.3) is 0 Å². The molecule has 0 saturated carbocycles. The fraction of sp³-hybridized carbons (Fsp3) is 0.579. The number of halogens is 2. The molecule has 134 valence electrons. The van der Waals surface area contributed by atoms with Crippen molar-refractivity contribution < 1.29 is 4.79 Å². The van der Waals surface area contributed by atoms with Gasteiger partial charge >= 0.3 is 0 Å². The maximum Gasteiger partial charge on any atom is 0.240 e. The van der Waals surface area contributed by atoms with Gasteiger partial charge in [-0.05, 0) is 25.0 Å². The fourth-order valence-electron chi connectivity index (χ4n) is 2.48. The molecule has 1 amide bonds. The number of nitrogens with zero attached hydrogens (tertiary/aromatic N) is 1. The van der Waals surface area contributed by atoms with E-state index in [-0.39, 0.29) is 5.91 Å². The second kappa shape index (κ2) is 12.3. The van der Waals surface area contributed by atoms with Crippen LogP contribution in [0.2, 0.25) is 10.0 Å². The van der Waals surface area contributed by atoms with E-state index in [2.05, 4.69) is 17.5 Å². The van der Waals surface area contributed by atoms with Gasteiger partial charge in [0.2, 0.25) is 5.91 Å². The minimum Gasteiger partial charge on any atom is -0.273 e. The molecule has 0 spiro atoms. The van der Waals surface area contributed by atoms with Crippen LogP contribution in [-0.2, 0) is 4.79 Å². The highest BCUT2D eigenvalue weighted by molar-refractivity contribution is 6.37. The first kappa shape index (κ1) is 21.0. The molecule has 5 heteroatoms. The first-order valence-electron chi connectivity index (χ1n) is 8.89. The maximum absolute atomic E-state index is 11.9. The number of carbonyl (C=O) groups excluding carboxylic acids is 1. The molecule has 1 N–H and O–H groups in total. The molecule has 0 bridgehead atoms. The number of benzene rings is 1. The van der Waals surface area contributed by atoms with Crippen LogP contribution in [0, 0.1) is 0 Å². The molecular weight excluding hydrogens is 343 g/mol. The number of unbranched alkanes of at least 4 members (excludes halogenated alkanes) is 6. The van der Waals surface area contributed by atoms with Gasteiger partial charge in [-0.2, -0.15) is 5.10 Å². The van der Waals surface area contributed by atoms with Gasteiger partial charge in [-0.15, -0.1) is 0 Å². The Bertz CT molecular complexity index is 544. The summed E-state index contributed by atoms with van der Waals surface area (Å²) in [6, 6.07) is 5.29. The molecule has 0 atom stereocenters. The summed E-state index contributed by atoms with van der Waals surface area (Å²) in [7, 11) is 0. The first-order valence-corrected chi connectivity index (χ1v) is 9.64. The van der Waals surface area contributed by atoms with Crippen LogP contribution in [0.15, 0.2) is 23.3 Å². The summed E-state index contributed by atoms with van der Waals surface area (Å²) in [5.41, 5.74) is 4.20. The maximum atomic E-state index is 11.9. The smallest absolute Gasteiger partial charge is 0.240 e. The average molecular weight is 371 g/mol. The quantitative estimate of drug-likeness (QED) is 0.274. The molecule has 0 aliphatic heterocycles. The van der Waals surface area contributed by atoms with E-state index in [1.165, 1.54) is 32.1 Å². The van der Waals surface area contributed by atoms with Crippen molar-refractivity contribution in [1.82, 2.24) is 5.43 Å². The Morgan fingerprint density at radius 3 is 2.33 bits per heavy atom. The highest BCUT2D eigenvalue weighted by atomic mass is 35.5. The lowest BCUT2D eigenvalue weighted by atomic mass is 10.1. The molecule has 0 radical (unpaired) electrons. The molecule has 0 aromatic heterocycles. The van der Waals surface area contributed by atoms with Crippen molar-refractivity contribution in [2.75, 3.05) is 0 Å². The van der Waals surface area contributed by atoms with Crippen molar-refractivity contribution in [3.05, 3.63) is 33.8 Å². The van der Waals surface area contributed by atoms with Crippen LogP contribution in [-0.4, -0.2) is 11.6 Å². The highest BCUT2D eigenvalue weighted by Crippen LogP contribution is 2.22. The van der Waals surface area contributed by atoms with E-state index in [1.807, 2.05) is 13.0 Å². The van der Waals surface area contributed by atoms with E-state index in [9.17, 15) is 4.79 Å². The summed E-state index contributed by atoms with van der Waals surface area (Å²) in [5, 5.41) is 5.36. The Hall–Kier alpha value is -1.06. The standard InChI is InChI=1S/C19H28Cl2N2O/c1-3-5-6-7-8-9-10-11-19(24)23-22-18(4-2)16-13-12-15(20)14-17(16)21/h12-14H,3-11H2,1-2H3,(H,23,24). The Balaban J connectivity index is 2.38. The molecule has 1 rings (SSSR count). The summed E-state index contributed by atoms with van der Waals surface area (Å²) < 4.78 is 0. The fourth-order valence-corrected chi connectivity index (χ4v) is 3.00. The highest BCUT2D eigenvalue weighted by Gasteiger charge is 2.08. The average Bonchev–Trinajstić information content (AvgIpc) is 2.56. The second-order valence-electron chi connectivity index (χ2n) is 5.94. The van der Waals surface area contributed by atoms with Gasteiger partial charge in [0, 0.05) is 17.0 Å². The van der Waals surface area contributed by atoms with Gasteiger partial charge in [-0.25, -0.2) is 5.43 Å². The third kappa shape index (κ3) is 8.16. The van der Waals surface area contributed by atoms with Gasteiger partial charge < -0.3 is 0 Å². The van der Waals surface area contributed by atoms with E-state index in [4.69, 9.17) is 23.2 Å². The van der Waals surface area contributed by atoms with Crippen molar-refractivity contribution in [3.63, 3.8) is 0 Å². The van der Waals surface area contributed by atoms with Crippen LogP contribution in [0.3, 0.4) is 0 Å². The van der Waals surface area contributed by atoms with Gasteiger partial charge in [0.1, 0.15) is 0 Å². The predicted molar refractivity (Wildman–Crippen MR) is 104 cm³/mol. The number of carbonyl (C=O) groups is 1. The largest absolute Gasteiger partial charge is 0.273 e. The van der Waals surface area contributed by atoms with Crippen LogP contribution < -0.4 is 5.43 Å². The Labute approximate surface area is 155 Å². The Kier molecular flexibility index (Phi) is 10.8. The lowest BCUT2D eigenvalue weighted by Gasteiger charge is -2.08. The number of hydrazone groups is 1. The van der Waals surface area contributed by atoms with Crippen LogP contribution in [0.25, 0.3) is 0 Å². The van der Waals surface area contributed by atoms with E-state index < -0.39 is 0 Å². The lowest BCUT2D eigenvalue weighted by molar-refractivity contribution is -0.121. The molecule has 0 saturated heterocycles. The first-order chi connectivity index (χ1) is 11.6. The number of hydrogen-bond donors (Lipinski definition) is 1. The van der Waals surface area contributed by atoms with Crippen molar-refractivity contribution in [2.24, 2.45) is 5.10 Å². The molecule has 1 aromatic carbocycles. The van der Waals surface area contributed by atoms with Gasteiger partial charge in [-0.3, -0.25) is 4.79 Å². The third-order valence-corrected chi connectivity index (χ3v) is 4.45. The number of amides is 1. The summed E-state index contributed by atoms with van der Waals surface area (Å²) in [4.78, 5) is 11.9.